The summed E-state index contributed by atoms with van der Waals surface area (Å²) >= 11 is 0. The molecule has 2 aromatic carbocycles. The van der Waals surface area contributed by atoms with Crippen molar-refractivity contribution < 1.29 is 24.6 Å². The Balaban J connectivity index is 2.43. The number of likely N-dealkylation sites (N-methyl/N-ethyl adjacent to an activating group) is 1. The van der Waals surface area contributed by atoms with Crippen molar-refractivity contribution in [2.24, 2.45) is 0 Å². The zero-order chi connectivity index (χ0) is 19.1. The number of carboxylic acids is 1. The molecule has 138 valence electrons. The predicted molar refractivity (Wildman–Crippen MR) is 97.6 cm³/mol. The number of aliphatic hydroxyl groups excluding tert-OH is 1. The average Bonchev–Trinajstić information content (AvgIpc) is 2.67. The van der Waals surface area contributed by atoms with Gasteiger partial charge in [-0.2, -0.15) is 0 Å². The van der Waals surface area contributed by atoms with Crippen LogP contribution in [0.3, 0.4) is 0 Å². The van der Waals surface area contributed by atoms with Gasteiger partial charge in [-0.15, -0.1) is 5.06 Å². The summed E-state index contributed by atoms with van der Waals surface area (Å²) in [6.45, 7) is 3.07. The fraction of sp³-hybridized carbons (Fsp3) is 0.300. The van der Waals surface area contributed by atoms with Crippen molar-refractivity contribution >= 4 is 11.9 Å². The van der Waals surface area contributed by atoms with Crippen LogP contribution in [0, 0.1) is 0 Å². The first-order chi connectivity index (χ1) is 12.5. The van der Waals surface area contributed by atoms with Crippen LogP contribution in [0.1, 0.15) is 29.8 Å². The summed E-state index contributed by atoms with van der Waals surface area (Å²) in [5, 5.41) is 19.5. The van der Waals surface area contributed by atoms with Crippen molar-refractivity contribution in [1.82, 2.24) is 5.06 Å². The maximum absolute atomic E-state index is 12.9. The lowest BCUT2D eigenvalue weighted by Crippen LogP contribution is -2.44. The number of aliphatic hydroxyl groups is 1. The number of carboxylic acid groups (broad SMARTS) is 1. The van der Waals surface area contributed by atoms with E-state index in [0.29, 0.717) is 12.0 Å². The van der Waals surface area contributed by atoms with Crippen LogP contribution in [0.15, 0.2) is 48.5 Å². The maximum Gasteiger partial charge on any atom is 0.357 e. The highest BCUT2D eigenvalue weighted by molar-refractivity contribution is 5.98. The monoisotopic (exact) mass is 357 g/mol. The third-order valence-electron chi connectivity index (χ3n) is 4.14. The normalized spacial score (nSPS) is 12.0. The Bertz CT molecular complexity index is 760. The number of carbonyl (C=O) groups excluding carboxylic acids is 1. The molecule has 0 saturated heterocycles. The molecule has 0 unspecified atom stereocenters. The second-order valence-corrected chi connectivity index (χ2v) is 5.71. The minimum absolute atomic E-state index is 0.137. The third-order valence-corrected chi connectivity index (χ3v) is 4.14. The largest absolute Gasteiger partial charge is 0.480 e. The van der Waals surface area contributed by atoms with Gasteiger partial charge in [0, 0.05) is 6.54 Å². The second-order valence-electron chi connectivity index (χ2n) is 5.71. The standard InChI is InChI=1S/C20H23NO5/c1-3-14-11-8-12-16(15-9-6-5-7-10-15)18(14)20(25)26-21(4-2)17(13-22)19(23)24/h5-12,17,22H,3-4,13H2,1-2H3,(H,23,24)/t17-/m0/s1. The predicted octanol–water partition coefficient (Wildman–Crippen LogP) is 2.76. The molecular weight excluding hydrogens is 334 g/mol. The molecule has 2 aromatic rings. The third kappa shape index (κ3) is 4.28. The van der Waals surface area contributed by atoms with Gasteiger partial charge in [0.05, 0.1) is 12.2 Å². The first kappa shape index (κ1) is 19.6. The molecule has 0 saturated carbocycles. The van der Waals surface area contributed by atoms with Crippen molar-refractivity contribution in [1.29, 1.82) is 0 Å². The summed E-state index contributed by atoms with van der Waals surface area (Å²) in [5.74, 6) is -1.89. The van der Waals surface area contributed by atoms with Crippen molar-refractivity contribution in [3.63, 3.8) is 0 Å². The van der Waals surface area contributed by atoms with E-state index < -0.39 is 24.6 Å². The highest BCUT2D eigenvalue weighted by atomic mass is 16.7. The summed E-state index contributed by atoms with van der Waals surface area (Å²) in [6.07, 6.45) is 0.625. The second kappa shape index (κ2) is 9.12. The van der Waals surface area contributed by atoms with Crippen LogP contribution in [0.25, 0.3) is 11.1 Å². The van der Waals surface area contributed by atoms with E-state index >= 15 is 0 Å². The van der Waals surface area contributed by atoms with Crippen molar-refractivity contribution in [3.8, 4) is 11.1 Å². The number of rotatable bonds is 8. The molecule has 6 nitrogen and oxygen atoms in total. The Kier molecular flexibility index (Phi) is 6.89. The molecule has 0 heterocycles. The Morgan fingerprint density at radius 3 is 2.31 bits per heavy atom. The van der Waals surface area contributed by atoms with Crippen molar-refractivity contribution in [3.05, 3.63) is 59.7 Å². The molecule has 1 atom stereocenters. The van der Waals surface area contributed by atoms with E-state index in [-0.39, 0.29) is 6.54 Å². The number of aliphatic carboxylic acids is 1. The molecule has 0 amide bonds. The topological polar surface area (TPSA) is 87.1 Å². The molecule has 2 rings (SSSR count). The minimum atomic E-state index is -1.31. The lowest BCUT2D eigenvalue weighted by atomic mass is 9.94. The molecule has 0 aliphatic carbocycles. The molecule has 6 heteroatoms. The minimum Gasteiger partial charge on any atom is -0.480 e. The first-order valence-corrected chi connectivity index (χ1v) is 8.53. The Morgan fingerprint density at radius 1 is 1.08 bits per heavy atom. The first-order valence-electron chi connectivity index (χ1n) is 8.53. The van der Waals surface area contributed by atoms with Crippen LogP contribution in [0.4, 0.5) is 0 Å². The maximum atomic E-state index is 12.9. The summed E-state index contributed by atoms with van der Waals surface area (Å²) in [6, 6.07) is 13.7. The van der Waals surface area contributed by atoms with E-state index in [4.69, 9.17) is 4.84 Å². The number of carbonyl (C=O) groups is 2. The van der Waals surface area contributed by atoms with Crippen LogP contribution >= 0.6 is 0 Å². The number of aryl methyl sites for hydroxylation is 1. The fourth-order valence-corrected chi connectivity index (χ4v) is 2.79. The molecule has 0 bridgehead atoms. The highest BCUT2D eigenvalue weighted by Crippen LogP contribution is 2.28. The number of nitrogens with zero attached hydrogens (tertiary/aromatic N) is 1. The Hall–Kier alpha value is -2.70. The molecule has 2 N–H and O–H groups in total. The van der Waals surface area contributed by atoms with Crippen LogP contribution in [-0.2, 0) is 16.1 Å². The highest BCUT2D eigenvalue weighted by Gasteiger charge is 2.29. The van der Waals surface area contributed by atoms with E-state index in [2.05, 4.69) is 0 Å². The zero-order valence-corrected chi connectivity index (χ0v) is 14.9. The number of hydroxylamine groups is 2. The lowest BCUT2D eigenvalue weighted by Gasteiger charge is -2.25. The van der Waals surface area contributed by atoms with Gasteiger partial charge in [0.1, 0.15) is 0 Å². The molecular formula is C20H23NO5. The zero-order valence-electron chi connectivity index (χ0n) is 14.9. The van der Waals surface area contributed by atoms with E-state index in [9.17, 15) is 19.8 Å². The Morgan fingerprint density at radius 2 is 1.77 bits per heavy atom. The molecule has 0 spiro atoms. The van der Waals surface area contributed by atoms with Gasteiger partial charge >= 0.3 is 11.9 Å². The van der Waals surface area contributed by atoms with Gasteiger partial charge in [-0.1, -0.05) is 55.5 Å². The smallest absolute Gasteiger partial charge is 0.357 e. The lowest BCUT2D eigenvalue weighted by molar-refractivity contribution is -0.175. The van der Waals surface area contributed by atoms with Gasteiger partial charge in [0.15, 0.2) is 6.04 Å². The van der Waals surface area contributed by atoms with E-state index in [1.807, 2.05) is 55.5 Å². The average molecular weight is 357 g/mol. The van der Waals surface area contributed by atoms with Gasteiger partial charge in [0.2, 0.25) is 0 Å². The van der Waals surface area contributed by atoms with Gasteiger partial charge in [0.25, 0.3) is 0 Å². The Labute approximate surface area is 152 Å². The number of hydrogen-bond acceptors (Lipinski definition) is 5. The molecule has 0 aromatic heterocycles. The quantitative estimate of drug-likeness (QED) is 0.707. The number of benzene rings is 2. The van der Waals surface area contributed by atoms with E-state index in [1.54, 1.807) is 6.92 Å². The molecule has 26 heavy (non-hydrogen) atoms. The van der Waals surface area contributed by atoms with Crippen LogP contribution in [0.2, 0.25) is 0 Å². The van der Waals surface area contributed by atoms with Crippen molar-refractivity contribution in [2.45, 2.75) is 26.3 Å². The van der Waals surface area contributed by atoms with Gasteiger partial charge < -0.3 is 15.1 Å². The number of hydrogen-bond donors (Lipinski definition) is 2. The fourth-order valence-electron chi connectivity index (χ4n) is 2.79. The summed E-state index contributed by atoms with van der Waals surface area (Å²) < 4.78 is 0. The summed E-state index contributed by atoms with van der Waals surface area (Å²) in [7, 11) is 0. The van der Waals surface area contributed by atoms with E-state index in [1.165, 1.54) is 0 Å². The van der Waals surface area contributed by atoms with E-state index in [0.717, 1.165) is 21.8 Å². The van der Waals surface area contributed by atoms with Gasteiger partial charge in [-0.25, -0.2) is 4.79 Å². The van der Waals surface area contributed by atoms with Crippen LogP contribution in [-0.4, -0.2) is 46.4 Å². The van der Waals surface area contributed by atoms with Crippen LogP contribution in [0.5, 0.6) is 0 Å². The molecule has 0 aliphatic rings. The van der Waals surface area contributed by atoms with Crippen LogP contribution < -0.4 is 0 Å². The molecule has 0 fully saturated rings. The van der Waals surface area contributed by atoms with Gasteiger partial charge in [-0.3, -0.25) is 4.79 Å². The summed E-state index contributed by atoms with van der Waals surface area (Å²) in [4.78, 5) is 29.5. The van der Waals surface area contributed by atoms with Gasteiger partial charge in [-0.05, 0) is 30.0 Å². The summed E-state index contributed by atoms with van der Waals surface area (Å²) in [5.41, 5.74) is 2.81. The molecule has 0 aliphatic heterocycles. The SMILES string of the molecule is CCc1cccc(-c2ccccc2)c1C(=O)ON(CC)[C@@H](CO)C(=O)O. The molecule has 0 radical (unpaired) electrons. The van der Waals surface area contributed by atoms with Crippen molar-refractivity contribution in [2.75, 3.05) is 13.2 Å².